The molecule has 0 fully saturated rings. The number of hydrogen-bond donors (Lipinski definition) is 0. The van der Waals surface area contributed by atoms with E-state index in [1.165, 1.54) is 72.8 Å². The van der Waals surface area contributed by atoms with Gasteiger partial charge in [-0.05, 0) is 0 Å². The molecule has 6 aromatic rings. The van der Waals surface area contributed by atoms with Gasteiger partial charge in [-0.2, -0.15) is 0 Å². The van der Waals surface area contributed by atoms with Crippen molar-refractivity contribution >= 4 is 52.0 Å². The summed E-state index contributed by atoms with van der Waals surface area (Å²) in [7, 11) is 0. The summed E-state index contributed by atoms with van der Waals surface area (Å²) in [6, 6.07) is 48.3. The third kappa shape index (κ3) is 12.5. The number of carbonyl (C=O) groups excluding carboxylic acids is 9. The Hall–Kier alpha value is -6.07. The smallest absolute Gasteiger partial charge is 0.273 e. The van der Waals surface area contributed by atoms with E-state index in [9.17, 15) is 43.2 Å². The first kappa shape index (κ1) is 43.3. The molecule has 9 nitrogen and oxygen atoms in total. The molecular formula is C45H30EuO9. The molecule has 0 saturated heterocycles. The van der Waals surface area contributed by atoms with E-state index < -0.39 is 52.0 Å². The van der Waals surface area contributed by atoms with Gasteiger partial charge in [0.15, 0.2) is 0 Å². The molecule has 10 heteroatoms. The minimum Gasteiger partial charge on any atom is -0.285 e. The average molecular weight is 867 g/mol. The molecule has 271 valence electrons. The first-order chi connectivity index (χ1) is 26.1. The predicted octanol–water partition coefficient (Wildman–Crippen LogP) is 6.96. The van der Waals surface area contributed by atoms with Crippen LogP contribution in [0.1, 0.15) is 62.1 Å². The van der Waals surface area contributed by atoms with Gasteiger partial charge in [0.2, 0.25) is 34.7 Å². The summed E-state index contributed by atoms with van der Waals surface area (Å²) in [5.74, 6) is -7.66. The summed E-state index contributed by atoms with van der Waals surface area (Å²) in [5.41, 5.74) is 1.37. The van der Waals surface area contributed by atoms with Crippen molar-refractivity contribution < 1.29 is 92.5 Å². The van der Waals surface area contributed by atoms with Crippen LogP contribution in [0.5, 0.6) is 0 Å². The molecule has 0 spiro atoms. The maximum atomic E-state index is 11.8. The zero-order chi connectivity index (χ0) is 38.9. The van der Waals surface area contributed by atoms with Gasteiger partial charge in [0.05, 0.1) is 0 Å². The van der Waals surface area contributed by atoms with Crippen LogP contribution in [0.3, 0.4) is 0 Å². The molecular weight excluding hydrogens is 836 g/mol. The summed E-state index contributed by atoms with van der Waals surface area (Å²) in [4.78, 5) is 106. The molecule has 6 aromatic carbocycles. The quantitative estimate of drug-likeness (QED) is 0.0722. The van der Waals surface area contributed by atoms with Gasteiger partial charge < -0.3 is 0 Å². The van der Waals surface area contributed by atoms with E-state index >= 15 is 0 Å². The van der Waals surface area contributed by atoms with E-state index in [4.69, 9.17) is 0 Å². The summed E-state index contributed by atoms with van der Waals surface area (Å²) >= 11 is 0. The predicted molar refractivity (Wildman–Crippen MR) is 200 cm³/mol. The number of rotatable bonds is 12. The molecule has 0 unspecified atom stereocenters. The molecule has 0 heterocycles. The van der Waals surface area contributed by atoms with Gasteiger partial charge >= 0.3 is 0 Å². The molecule has 0 bridgehead atoms. The number of benzene rings is 6. The van der Waals surface area contributed by atoms with Gasteiger partial charge in [0, 0.05) is 82.8 Å². The third-order valence-corrected chi connectivity index (χ3v) is 7.45. The molecule has 1 radical (unpaired) electrons. The standard InChI is InChI=1S/3C15H10O3.Eu/c3*16-13(11-7-3-1-4-8-11)15(18)14(17)12-9-5-2-6-10-12;/h3*1-10H;. The van der Waals surface area contributed by atoms with E-state index in [1.807, 2.05) is 0 Å². The monoisotopic (exact) mass is 867 g/mol. The minimum atomic E-state index is -1.01. The normalized spacial score (nSPS) is 9.60. The van der Waals surface area contributed by atoms with Crippen molar-refractivity contribution in [1.29, 1.82) is 0 Å². The Kier molecular flexibility index (Phi) is 17.5. The van der Waals surface area contributed by atoms with Crippen molar-refractivity contribution in [3.05, 3.63) is 215 Å². The Morgan fingerprint density at radius 3 is 0.418 bits per heavy atom. The van der Waals surface area contributed by atoms with E-state index in [2.05, 4.69) is 0 Å². The number of hydrogen-bond acceptors (Lipinski definition) is 9. The summed E-state index contributed by atoms with van der Waals surface area (Å²) in [6.07, 6.45) is 0. The van der Waals surface area contributed by atoms with Gasteiger partial charge in [0.1, 0.15) is 0 Å². The Bertz CT molecular complexity index is 1870. The maximum absolute atomic E-state index is 11.8. The second-order valence-corrected chi connectivity index (χ2v) is 11.2. The topological polar surface area (TPSA) is 154 Å². The fourth-order valence-corrected chi connectivity index (χ4v) is 4.63. The van der Waals surface area contributed by atoms with Crippen LogP contribution in [-0.4, -0.2) is 52.0 Å². The first-order valence-corrected chi connectivity index (χ1v) is 16.3. The van der Waals surface area contributed by atoms with Crippen LogP contribution in [0.15, 0.2) is 182 Å². The van der Waals surface area contributed by atoms with E-state index in [1.54, 1.807) is 109 Å². The second-order valence-electron chi connectivity index (χ2n) is 11.2. The molecule has 0 aliphatic carbocycles. The van der Waals surface area contributed by atoms with Crippen LogP contribution in [-0.2, 0) is 14.4 Å². The van der Waals surface area contributed by atoms with Crippen LogP contribution >= 0.6 is 0 Å². The molecule has 0 aliphatic heterocycles. The van der Waals surface area contributed by atoms with Crippen molar-refractivity contribution in [3.8, 4) is 0 Å². The Balaban J connectivity index is 0.000000220. The molecule has 6 rings (SSSR count). The summed E-state index contributed by atoms with van der Waals surface area (Å²) in [6.45, 7) is 0. The maximum Gasteiger partial charge on any atom is 0.273 e. The van der Waals surface area contributed by atoms with Crippen LogP contribution in [0.4, 0.5) is 0 Å². The zero-order valence-corrected chi connectivity index (χ0v) is 31.3. The van der Waals surface area contributed by atoms with Gasteiger partial charge in [0.25, 0.3) is 17.3 Å². The Morgan fingerprint density at radius 1 is 0.200 bits per heavy atom. The minimum absolute atomic E-state index is 0. The molecule has 0 aromatic heterocycles. The van der Waals surface area contributed by atoms with E-state index in [-0.39, 0.29) is 82.8 Å². The molecule has 0 amide bonds. The van der Waals surface area contributed by atoms with Crippen molar-refractivity contribution in [2.45, 2.75) is 0 Å². The van der Waals surface area contributed by atoms with Crippen molar-refractivity contribution in [2.24, 2.45) is 0 Å². The van der Waals surface area contributed by atoms with Crippen molar-refractivity contribution in [2.75, 3.05) is 0 Å². The van der Waals surface area contributed by atoms with Gasteiger partial charge in [-0.15, -0.1) is 0 Å². The van der Waals surface area contributed by atoms with Crippen LogP contribution in [0.2, 0.25) is 0 Å². The van der Waals surface area contributed by atoms with Crippen molar-refractivity contribution in [1.82, 2.24) is 0 Å². The van der Waals surface area contributed by atoms with E-state index in [0.717, 1.165) is 0 Å². The molecule has 0 N–H and O–H groups in total. The zero-order valence-electron chi connectivity index (χ0n) is 28.9. The van der Waals surface area contributed by atoms with Crippen LogP contribution < -0.4 is 0 Å². The number of Topliss-reactive ketones (excluding diaryl/α,β-unsaturated/α-hetero) is 9. The van der Waals surface area contributed by atoms with E-state index in [0.29, 0.717) is 0 Å². The second kappa shape index (κ2) is 22.2. The van der Waals surface area contributed by atoms with Gasteiger partial charge in [-0.1, -0.05) is 182 Å². The van der Waals surface area contributed by atoms with Crippen molar-refractivity contribution in [3.63, 3.8) is 0 Å². The van der Waals surface area contributed by atoms with Crippen LogP contribution in [0, 0.1) is 49.4 Å². The molecule has 55 heavy (non-hydrogen) atoms. The SMILES string of the molecule is O=C(C(=O)c1ccccc1)C(=O)c1ccccc1.O=C(C(=O)c1ccccc1)C(=O)c1ccccc1.O=C(C(=O)c1ccccc1)C(=O)c1ccccc1.[Eu]. The number of ketones is 9. The third-order valence-electron chi connectivity index (χ3n) is 7.45. The summed E-state index contributed by atoms with van der Waals surface area (Å²) < 4.78 is 0. The fourth-order valence-electron chi connectivity index (χ4n) is 4.63. The Morgan fingerprint density at radius 2 is 0.309 bits per heavy atom. The average Bonchev–Trinajstić information content (AvgIpc) is 3.26. The molecule has 0 atom stereocenters. The van der Waals surface area contributed by atoms with Gasteiger partial charge in [-0.25, -0.2) is 0 Å². The van der Waals surface area contributed by atoms with Gasteiger partial charge in [-0.3, -0.25) is 43.2 Å². The molecule has 0 aliphatic rings. The largest absolute Gasteiger partial charge is 0.285 e. The number of carbonyl (C=O) groups is 9. The fraction of sp³-hybridized carbons (Fsp3) is 0. The first-order valence-electron chi connectivity index (χ1n) is 16.3. The summed E-state index contributed by atoms with van der Waals surface area (Å²) in [5, 5.41) is 0. The van der Waals surface area contributed by atoms with Crippen LogP contribution in [0.25, 0.3) is 0 Å². The molecule has 0 saturated carbocycles. The Labute approximate surface area is 357 Å².